The van der Waals surface area contributed by atoms with Crippen molar-refractivity contribution in [3.8, 4) is 28.7 Å². The zero-order chi connectivity index (χ0) is 34.5. The van der Waals surface area contributed by atoms with Crippen molar-refractivity contribution in [1.82, 2.24) is 4.57 Å². The van der Waals surface area contributed by atoms with Crippen LogP contribution in [0.4, 0.5) is 23.7 Å². The summed E-state index contributed by atoms with van der Waals surface area (Å²) in [6.07, 6.45) is -5.87. The zero-order valence-electron chi connectivity index (χ0n) is 26.7. The van der Waals surface area contributed by atoms with Gasteiger partial charge in [-0.1, -0.05) is 0 Å². The van der Waals surface area contributed by atoms with Crippen molar-refractivity contribution in [3.63, 3.8) is 0 Å². The zero-order valence-corrected chi connectivity index (χ0v) is 26.7. The molecule has 0 unspecified atom stereocenters. The number of carbonyl (C=O) groups excluding carboxylic acids is 3. The predicted molar refractivity (Wildman–Crippen MR) is 168 cm³/mol. The van der Waals surface area contributed by atoms with Crippen LogP contribution < -0.4 is 19.5 Å². The summed E-state index contributed by atoms with van der Waals surface area (Å²) < 4.78 is 66.0. The average molecular weight is 657 g/mol. The van der Waals surface area contributed by atoms with E-state index in [4.69, 9.17) is 18.9 Å². The molecule has 1 amide bonds. The van der Waals surface area contributed by atoms with Gasteiger partial charge < -0.3 is 28.3 Å². The standard InChI is InChI=1S/C34H35F3N2O8/c1-7-43-31(41)30-29(38-32(42)47-33(5,6)19-21(4)40)27-18-26(45-24-12-14-25(15-13-24)46-34(35,36)37)16-17-28(27)39(30)22-8-10-23(11-9-22)44-20(2)3/h8-18,20H,7,19H2,1-6H3,(H,38,42). The Kier molecular flexibility index (Phi) is 10.4. The Labute approximate surface area is 269 Å². The van der Waals surface area contributed by atoms with Crippen molar-refractivity contribution in [3.05, 3.63) is 72.4 Å². The summed E-state index contributed by atoms with van der Waals surface area (Å²) in [5.41, 5.74) is -0.108. The molecule has 3 aromatic carbocycles. The molecule has 13 heteroatoms. The number of rotatable bonds is 12. The van der Waals surface area contributed by atoms with Crippen molar-refractivity contribution in [2.24, 2.45) is 0 Å². The largest absolute Gasteiger partial charge is 0.573 e. The second-order valence-electron chi connectivity index (χ2n) is 11.4. The van der Waals surface area contributed by atoms with Gasteiger partial charge in [-0.2, -0.15) is 0 Å². The molecule has 0 saturated heterocycles. The van der Waals surface area contributed by atoms with Crippen LogP contribution in [0.25, 0.3) is 16.6 Å². The first kappa shape index (κ1) is 34.7. The number of carbonyl (C=O) groups is 3. The third-order valence-electron chi connectivity index (χ3n) is 6.44. The molecule has 0 aliphatic heterocycles. The first-order valence-corrected chi connectivity index (χ1v) is 14.7. The van der Waals surface area contributed by atoms with Crippen molar-refractivity contribution >= 4 is 34.4 Å². The fourth-order valence-electron chi connectivity index (χ4n) is 4.93. The highest BCUT2D eigenvalue weighted by Gasteiger charge is 2.32. The summed E-state index contributed by atoms with van der Waals surface area (Å²) in [5, 5.41) is 3.03. The van der Waals surface area contributed by atoms with E-state index < -0.39 is 29.8 Å². The number of nitrogens with one attached hydrogen (secondary N) is 1. The molecule has 0 fully saturated rings. The number of nitrogens with zero attached hydrogens (tertiary/aromatic N) is 1. The van der Waals surface area contributed by atoms with Gasteiger partial charge in [-0.3, -0.25) is 10.1 Å². The quantitative estimate of drug-likeness (QED) is 0.151. The summed E-state index contributed by atoms with van der Waals surface area (Å²) in [6, 6.07) is 16.6. The van der Waals surface area contributed by atoms with Crippen molar-refractivity contribution in [2.75, 3.05) is 11.9 Å². The summed E-state index contributed by atoms with van der Waals surface area (Å²) >= 11 is 0. The van der Waals surface area contributed by atoms with Gasteiger partial charge in [0.15, 0.2) is 5.69 Å². The monoisotopic (exact) mass is 656 g/mol. The van der Waals surface area contributed by atoms with E-state index in [1.165, 1.54) is 19.1 Å². The van der Waals surface area contributed by atoms with Crippen LogP contribution in [0, 0.1) is 0 Å². The number of alkyl halides is 3. The third kappa shape index (κ3) is 9.18. The maximum Gasteiger partial charge on any atom is 0.573 e. The molecule has 4 aromatic rings. The number of hydrogen-bond donors (Lipinski definition) is 1. The molecule has 250 valence electrons. The molecule has 0 atom stereocenters. The highest BCUT2D eigenvalue weighted by atomic mass is 19.4. The van der Waals surface area contributed by atoms with Crippen LogP contribution in [0.2, 0.25) is 0 Å². The van der Waals surface area contributed by atoms with Gasteiger partial charge in [0.2, 0.25) is 0 Å². The van der Waals surface area contributed by atoms with Crippen molar-refractivity contribution in [2.45, 2.75) is 66.0 Å². The van der Waals surface area contributed by atoms with Crippen LogP contribution >= 0.6 is 0 Å². The summed E-state index contributed by atoms with van der Waals surface area (Å²) in [7, 11) is 0. The SMILES string of the molecule is CCOC(=O)c1c(NC(=O)OC(C)(C)CC(C)=O)c2cc(Oc3ccc(OC(F)(F)F)cc3)ccc2n1-c1ccc(OC(C)C)cc1. The lowest BCUT2D eigenvalue weighted by atomic mass is 10.0. The first-order valence-electron chi connectivity index (χ1n) is 14.7. The molecule has 1 N–H and O–H groups in total. The van der Waals surface area contributed by atoms with E-state index >= 15 is 0 Å². The second kappa shape index (κ2) is 14.1. The van der Waals surface area contributed by atoms with Crippen LogP contribution in [0.5, 0.6) is 23.0 Å². The molecule has 4 rings (SSSR count). The molecular weight excluding hydrogens is 621 g/mol. The van der Waals surface area contributed by atoms with E-state index in [2.05, 4.69) is 10.1 Å². The lowest BCUT2D eigenvalue weighted by Crippen LogP contribution is -2.32. The van der Waals surface area contributed by atoms with E-state index in [9.17, 15) is 27.6 Å². The van der Waals surface area contributed by atoms with E-state index in [0.717, 1.165) is 12.1 Å². The molecule has 0 saturated carbocycles. The highest BCUT2D eigenvalue weighted by molar-refractivity contribution is 6.12. The van der Waals surface area contributed by atoms with Gasteiger partial charge in [0.1, 0.15) is 34.4 Å². The minimum atomic E-state index is -4.84. The number of fused-ring (bicyclic) bond motifs is 1. The molecule has 0 bridgehead atoms. The number of anilines is 1. The van der Waals surface area contributed by atoms with Gasteiger partial charge in [-0.25, -0.2) is 9.59 Å². The number of ketones is 1. The number of esters is 1. The van der Waals surface area contributed by atoms with Crippen LogP contribution in [0.15, 0.2) is 66.7 Å². The Hall–Kier alpha value is -5.20. The van der Waals surface area contributed by atoms with Crippen LogP contribution in [0.3, 0.4) is 0 Å². The van der Waals surface area contributed by atoms with Gasteiger partial charge in [0.25, 0.3) is 0 Å². The fourth-order valence-corrected chi connectivity index (χ4v) is 4.93. The molecule has 0 aliphatic carbocycles. The fraction of sp³-hybridized carbons (Fsp3) is 0.324. The molecule has 47 heavy (non-hydrogen) atoms. The Balaban J connectivity index is 1.84. The lowest BCUT2D eigenvalue weighted by molar-refractivity contribution is -0.274. The van der Waals surface area contributed by atoms with Gasteiger partial charge in [0.05, 0.1) is 23.9 Å². The molecule has 1 heterocycles. The molecule has 0 radical (unpaired) electrons. The number of amides is 1. The first-order chi connectivity index (χ1) is 22.0. The Bertz CT molecular complexity index is 1740. The van der Waals surface area contributed by atoms with Gasteiger partial charge in [-0.05, 0) is 108 Å². The van der Waals surface area contributed by atoms with Crippen LogP contribution in [-0.4, -0.2) is 47.1 Å². The number of halogens is 3. The van der Waals surface area contributed by atoms with Crippen LogP contribution in [0.1, 0.15) is 58.5 Å². The number of Topliss-reactive ketones (excluding diaryl/α,β-unsaturated/α-hetero) is 1. The summed E-state index contributed by atoms with van der Waals surface area (Å²) in [5.74, 6) is -0.300. The minimum Gasteiger partial charge on any atom is -0.491 e. The lowest BCUT2D eigenvalue weighted by Gasteiger charge is -2.24. The third-order valence-corrected chi connectivity index (χ3v) is 6.44. The van der Waals surface area contributed by atoms with E-state index in [0.29, 0.717) is 22.3 Å². The molecule has 0 aliphatic rings. The van der Waals surface area contributed by atoms with Gasteiger partial charge in [0, 0.05) is 17.5 Å². The number of aromatic nitrogens is 1. The molecule has 1 aromatic heterocycles. The topological polar surface area (TPSA) is 114 Å². The Morgan fingerprint density at radius 2 is 1.47 bits per heavy atom. The van der Waals surface area contributed by atoms with E-state index in [1.54, 1.807) is 67.8 Å². The highest BCUT2D eigenvalue weighted by Crippen LogP contribution is 2.39. The number of ether oxygens (including phenoxy) is 5. The average Bonchev–Trinajstić information content (AvgIpc) is 3.25. The molecular formula is C34H35F3N2O8. The number of benzene rings is 3. The maximum absolute atomic E-state index is 13.5. The Morgan fingerprint density at radius 1 is 0.872 bits per heavy atom. The summed E-state index contributed by atoms with van der Waals surface area (Å²) in [4.78, 5) is 38.5. The van der Waals surface area contributed by atoms with Gasteiger partial charge in [-0.15, -0.1) is 13.2 Å². The summed E-state index contributed by atoms with van der Waals surface area (Å²) in [6.45, 7) is 10.0. The molecule has 0 spiro atoms. The predicted octanol–water partition coefficient (Wildman–Crippen LogP) is 8.59. The molecule has 10 nitrogen and oxygen atoms in total. The minimum absolute atomic E-state index is 0.0218. The maximum atomic E-state index is 13.5. The van der Waals surface area contributed by atoms with Crippen molar-refractivity contribution < 1.29 is 51.2 Å². The van der Waals surface area contributed by atoms with Crippen LogP contribution in [-0.2, 0) is 14.3 Å². The van der Waals surface area contributed by atoms with Crippen molar-refractivity contribution in [1.29, 1.82) is 0 Å². The van der Waals surface area contributed by atoms with E-state index in [1.807, 2.05) is 13.8 Å². The smallest absolute Gasteiger partial charge is 0.491 e. The Morgan fingerprint density at radius 3 is 2.04 bits per heavy atom. The van der Waals surface area contributed by atoms with E-state index in [-0.39, 0.29) is 47.8 Å². The number of hydrogen-bond acceptors (Lipinski definition) is 8. The normalized spacial score (nSPS) is 11.7. The van der Waals surface area contributed by atoms with Gasteiger partial charge >= 0.3 is 18.4 Å². The second-order valence-corrected chi connectivity index (χ2v) is 11.4.